The van der Waals surface area contributed by atoms with Gasteiger partial charge in [-0.25, -0.2) is 4.79 Å². The van der Waals surface area contributed by atoms with E-state index >= 15 is 0 Å². The summed E-state index contributed by atoms with van der Waals surface area (Å²) in [5.74, 6) is 0.0682. The van der Waals surface area contributed by atoms with Crippen molar-refractivity contribution >= 4 is 21.8 Å². The van der Waals surface area contributed by atoms with E-state index in [1.165, 1.54) is 23.7 Å². The molecule has 5 aromatic rings. The molecule has 0 aliphatic carbocycles. The van der Waals surface area contributed by atoms with Crippen molar-refractivity contribution in [1.82, 2.24) is 18.9 Å². The predicted octanol–water partition coefficient (Wildman–Crippen LogP) is 5.44. The van der Waals surface area contributed by atoms with Crippen LogP contribution in [0.3, 0.4) is 0 Å². The van der Waals surface area contributed by atoms with E-state index < -0.39 is 23.0 Å². The average Bonchev–Trinajstić information content (AvgIpc) is 3.24. The highest BCUT2D eigenvalue weighted by atomic mass is 19.4. The quantitative estimate of drug-likeness (QED) is 0.319. The third-order valence-electron chi connectivity index (χ3n) is 6.44. The fourth-order valence-corrected chi connectivity index (χ4v) is 4.73. The van der Waals surface area contributed by atoms with Gasteiger partial charge < -0.3 is 0 Å². The predicted molar refractivity (Wildman–Crippen MR) is 138 cm³/mol. The van der Waals surface area contributed by atoms with Crippen molar-refractivity contribution in [2.24, 2.45) is 13.0 Å². The zero-order valence-corrected chi connectivity index (χ0v) is 20.6. The molecular formula is C28H25F3N4O2. The molecule has 0 N–H and O–H groups in total. The van der Waals surface area contributed by atoms with Crippen LogP contribution in [0.1, 0.15) is 25.0 Å². The van der Waals surface area contributed by atoms with Crippen LogP contribution < -0.4 is 11.2 Å². The van der Waals surface area contributed by atoms with Crippen molar-refractivity contribution in [2.75, 3.05) is 0 Å². The lowest BCUT2D eigenvalue weighted by Gasteiger charge is -2.13. The van der Waals surface area contributed by atoms with Crippen LogP contribution in [-0.2, 0) is 26.3 Å². The topological polar surface area (TPSA) is 61.8 Å². The normalized spacial score (nSPS) is 12.2. The molecule has 37 heavy (non-hydrogen) atoms. The van der Waals surface area contributed by atoms with E-state index in [1.54, 1.807) is 4.68 Å². The Kier molecular flexibility index (Phi) is 6.01. The first-order valence-corrected chi connectivity index (χ1v) is 11.9. The Balaban J connectivity index is 1.86. The number of alkyl halides is 3. The van der Waals surface area contributed by atoms with Crippen molar-refractivity contribution in [1.29, 1.82) is 0 Å². The Hall–Kier alpha value is -4.14. The van der Waals surface area contributed by atoms with E-state index in [1.807, 2.05) is 56.3 Å². The number of benzene rings is 3. The van der Waals surface area contributed by atoms with Gasteiger partial charge in [-0.2, -0.15) is 18.3 Å². The second-order valence-corrected chi connectivity index (χ2v) is 9.57. The second kappa shape index (κ2) is 9.06. The van der Waals surface area contributed by atoms with Gasteiger partial charge in [0.15, 0.2) is 5.65 Å². The highest BCUT2D eigenvalue weighted by molar-refractivity contribution is 5.91. The van der Waals surface area contributed by atoms with E-state index in [0.29, 0.717) is 6.54 Å². The fourth-order valence-electron chi connectivity index (χ4n) is 4.73. The smallest absolute Gasteiger partial charge is 0.276 e. The molecule has 9 heteroatoms. The summed E-state index contributed by atoms with van der Waals surface area (Å²) < 4.78 is 44.8. The molecule has 0 saturated carbocycles. The van der Waals surface area contributed by atoms with E-state index in [9.17, 15) is 22.8 Å². The molecule has 0 atom stereocenters. The minimum atomic E-state index is -4.56. The number of hydrogen-bond donors (Lipinski definition) is 0. The van der Waals surface area contributed by atoms with Crippen LogP contribution >= 0.6 is 0 Å². The first-order valence-electron chi connectivity index (χ1n) is 11.9. The van der Waals surface area contributed by atoms with Gasteiger partial charge in [0.05, 0.1) is 17.8 Å². The van der Waals surface area contributed by atoms with E-state index in [-0.39, 0.29) is 34.8 Å². The summed E-state index contributed by atoms with van der Waals surface area (Å²) in [7, 11) is 1.37. The summed E-state index contributed by atoms with van der Waals surface area (Å²) in [6.45, 7) is 4.37. The molecule has 0 saturated heterocycles. The van der Waals surface area contributed by atoms with Gasteiger partial charge in [0.1, 0.15) is 5.39 Å². The zero-order chi connectivity index (χ0) is 26.5. The Morgan fingerprint density at radius 1 is 0.946 bits per heavy atom. The third-order valence-corrected chi connectivity index (χ3v) is 6.44. The van der Waals surface area contributed by atoms with Crippen molar-refractivity contribution in [3.63, 3.8) is 0 Å². The second-order valence-electron chi connectivity index (χ2n) is 9.57. The molecule has 0 radical (unpaired) electrons. The molecule has 0 fully saturated rings. The Morgan fingerprint density at radius 3 is 2.38 bits per heavy atom. The summed E-state index contributed by atoms with van der Waals surface area (Å²) in [6.07, 6.45) is -4.56. The number of hydrogen-bond acceptors (Lipinski definition) is 3. The number of fused-ring (bicyclic) bond motifs is 2. The van der Waals surface area contributed by atoms with E-state index in [4.69, 9.17) is 0 Å². The molecule has 0 spiro atoms. The Morgan fingerprint density at radius 2 is 1.65 bits per heavy atom. The molecule has 0 bridgehead atoms. The van der Waals surface area contributed by atoms with Crippen LogP contribution in [0.25, 0.3) is 33.1 Å². The van der Waals surface area contributed by atoms with Gasteiger partial charge in [-0.15, -0.1) is 0 Å². The van der Waals surface area contributed by atoms with Gasteiger partial charge in [-0.1, -0.05) is 68.4 Å². The summed E-state index contributed by atoms with van der Waals surface area (Å²) in [5, 5.41) is 6.77. The summed E-state index contributed by atoms with van der Waals surface area (Å²) in [6, 6.07) is 18.4. The Labute approximate surface area is 210 Å². The van der Waals surface area contributed by atoms with Crippen molar-refractivity contribution in [3.05, 3.63) is 98.7 Å². The molecule has 0 aliphatic rings. The molecule has 2 heterocycles. The molecule has 5 rings (SSSR count). The van der Waals surface area contributed by atoms with E-state index in [2.05, 4.69) is 5.10 Å². The van der Waals surface area contributed by atoms with Crippen LogP contribution in [-0.4, -0.2) is 18.9 Å². The van der Waals surface area contributed by atoms with Gasteiger partial charge in [-0.3, -0.25) is 18.6 Å². The number of nitrogens with zero attached hydrogens (tertiary/aromatic N) is 4. The molecular weight excluding hydrogens is 481 g/mol. The SMILES string of the molecule is CC(C)Cn1c(=O)n(C)c(=O)c2c(-c3cccc(C(F)(F)F)c3)n(Cc3cccc4ccccc34)nc21. The third kappa shape index (κ3) is 4.34. The summed E-state index contributed by atoms with van der Waals surface area (Å²) >= 11 is 0. The van der Waals surface area contributed by atoms with Crippen LogP contribution in [0.5, 0.6) is 0 Å². The fraction of sp³-hybridized carbons (Fsp3) is 0.250. The molecule has 0 amide bonds. The van der Waals surface area contributed by atoms with Crippen LogP contribution in [0.4, 0.5) is 13.2 Å². The van der Waals surface area contributed by atoms with Crippen LogP contribution in [0.15, 0.2) is 76.3 Å². The van der Waals surface area contributed by atoms with Crippen molar-refractivity contribution < 1.29 is 13.2 Å². The first kappa shape index (κ1) is 24.5. The van der Waals surface area contributed by atoms with Gasteiger partial charge in [0.2, 0.25) is 0 Å². The maximum atomic E-state index is 13.6. The van der Waals surface area contributed by atoms with Crippen molar-refractivity contribution in [3.8, 4) is 11.3 Å². The summed E-state index contributed by atoms with van der Waals surface area (Å²) in [4.78, 5) is 26.5. The monoisotopic (exact) mass is 506 g/mol. The average molecular weight is 507 g/mol. The number of rotatable bonds is 5. The lowest BCUT2D eigenvalue weighted by Crippen LogP contribution is -2.38. The highest BCUT2D eigenvalue weighted by Crippen LogP contribution is 2.34. The largest absolute Gasteiger partial charge is 0.416 e. The van der Waals surface area contributed by atoms with Crippen molar-refractivity contribution in [2.45, 2.75) is 33.1 Å². The molecule has 0 aliphatic heterocycles. The number of aromatic nitrogens is 4. The van der Waals surface area contributed by atoms with E-state index in [0.717, 1.165) is 33.0 Å². The van der Waals surface area contributed by atoms with Crippen LogP contribution in [0, 0.1) is 5.92 Å². The van der Waals surface area contributed by atoms with Gasteiger partial charge in [0.25, 0.3) is 5.56 Å². The van der Waals surface area contributed by atoms with Crippen LogP contribution in [0.2, 0.25) is 0 Å². The Bertz CT molecular complexity index is 1750. The lowest BCUT2D eigenvalue weighted by atomic mass is 10.0. The lowest BCUT2D eigenvalue weighted by molar-refractivity contribution is -0.137. The molecule has 190 valence electrons. The van der Waals surface area contributed by atoms with Gasteiger partial charge in [0, 0.05) is 19.2 Å². The first-order chi connectivity index (χ1) is 17.6. The highest BCUT2D eigenvalue weighted by Gasteiger charge is 2.31. The summed E-state index contributed by atoms with van der Waals surface area (Å²) in [5.41, 5.74) is -0.462. The maximum Gasteiger partial charge on any atom is 0.416 e. The standard InChI is InChI=1S/C28H25F3N4O2/c1-17(2)15-34-25-23(26(36)33(3)27(34)37)24(19-10-7-12-21(14-19)28(29,30)31)35(32-25)16-20-11-6-9-18-8-4-5-13-22(18)20/h4-14,17H,15-16H2,1-3H3. The van der Waals surface area contributed by atoms with Gasteiger partial charge >= 0.3 is 11.9 Å². The molecule has 0 unspecified atom stereocenters. The molecule has 6 nitrogen and oxygen atoms in total. The zero-order valence-electron chi connectivity index (χ0n) is 20.6. The minimum absolute atomic E-state index is 0.0682. The number of halogens is 3. The molecule has 3 aromatic carbocycles. The van der Waals surface area contributed by atoms with Gasteiger partial charge in [-0.05, 0) is 34.4 Å². The maximum absolute atomic E-state index is 13.6. The molecule has 2 aromatic heterocycles. The minimum Gasteiger partial charge on any atom is -0.276 e.